The molecule has 0 aromatic heterocycles. The molecule has 0 saturated heterocycles. The van der Waals surface area contributed by atoms with Gasteiger partial charge in [-0.25, -0.2) is 4.79 Å². The van der Waals surface area contributed by atoms with Gasteiger partial charge in [-0.2, -0.15) is 0 Å². The molecule has 0 atom stereocenters. The summed E-state index contributed by atoms with van der Waals surface area (Å²) in [5, 5.41) is 10.2. The lowest BCUT2D eigenvalue weighted by atomic mass is 10.0. The third-order valence-electron chi connectivity index (χ3n) is 13.9. The van der Waals surface area contributed by atoms with E-state index in [4.69, 9.17) is 0 Å². The van der Waals surface area contributed by atoms with Crippen molar-refractivity contribution in [1.82, 2.24) is 0 Å². The monoisotopic (exact) mass is 850 g/mol. The molecule has 0 saturated carbocycles. The molecule has 0 fully saturated rings. The first kappa shape index (κ1) is 58.9. The summed E-state index contributed by atoms with van der Waals surface area (Å²) in [6, 6.07) is 0. The zero-order valence-corrected chi connectivity index (χ0v) is 42.5. The largest absolute Gasteiger partial charge is 0.479 e. The normalized spacial score (nSPS) is 11.9. The van der Waals surface area contributed by atoms with Crippen molar-refractivity contribution in [3.05, 3.63) is 0 Å². The van der Waals surface area contributed by atoms with E-state index in [0.717, 1.165) is 0 Å². The fourth-order valence-corrected chi connectivity index (χ4v) is 14.2. The molecule has 0 radical (unpaired) electrons. The SMILES string of the molecule is CCCCCCCCCCCCCCCCCC[P+](CCCCCCCCCCCCCCCCCC)(CCCCCCCCCCCCCCCCCC)CC(=O)O. The van der Waals surface area contributed by atoms with Gasteiger partial charge in [0.15, 0.2) is 6.16 Å². The Labute approximate surface area is 375 Å². The maximum atomic E-state index is 12.4. The molecule has 1 N–H and O–H groups in total. The molecule has 0 aliphatic heterocycles. The predicted octanol–water partition coefficient (Wildman–Crippen LogP) is 20.9. The molecule has 0 aliphatic rings. The number of carboxylic acid groups (broad SMARTS) is 1. The number of carboxylic acids is 1. The third-order valence-corrected chi connectivity index (χ3v) is 18.7. The Morgan fingerprint density at radius 3 is 0.525 bits per heavy atom. The van der Waals surface area contributed by atoms with E-state index in [1.807, 2.05) is 0 Å². The van der Waals surface area contributed by atoms with Gasteiger partial charge in [0, 0.05) is 7.26 Å². The Kier molecular flexibility index (Phi) is 50.5. The lowest BCUT2D eigenvalue weighted by Gasteiger charge is -2.27. The van der Waals surface area contributed by atoms with Crippen LogP contribution in [0.3, 0.4) is 0 Å². The summed E-state index contributed by atoms with van der Waals surface area (Å²) in [6.07, 6.45) is 71.9. The molecule has 59 heavy (non-hydrogen) atoms. The van der Waals surface area contributed by atoms with Crippen LogP contribution in [0.2, 0.25) is 0 Å². The van der Waals surface area contributed by atoms with Gasteiger partial charge < -0.3 is 5.11 Å². The van der Waals surface area contributed by atoms with Crippen LogP contribution >= 0.6 is 7.26 Å². The molecular formula is C56H114O2P+. The van der Waals surface area contributed by atoms with Gasteiger partial charge in [0.1, 0.15) is 0 Å². The summed E-state index contributed by atoms with van der Waals surface area (Å²) < 4.78 is 0. The second-order valence-electron chi connectivity index (χ2n) is 20.0. The van der Waals surface area contributed by atoms with Gasteiger partial charge in [0.05, 0.1) is 18.5 Å². The third kappa shape index (κ3) is 47.2. The first-order valence-corrected chi connectivity index (χ1v) is 30.7. The highest BCUT2D eigenvalue weighted by Crippen LogP contribution is 2.60. The summed E-state index contributed by atoms with van der Waals surface area (Å²) >= 11 is 0. The molecule has 0 amide bonds. The van der Waals surface area contributed by atoms with Crippen molar-refractivity contribution in [3.63, 3.8) is 0 Å². The minimum atomic E-state index is -1.42. The summed E-state index contributed by atoms with van der Waals surface area (Å²) in [7, 11) is -1.42. The van der Waals surface area contributed by atoms with E-state index in [9.17, 15) is 9.90 Å². The highest BCUT2D eigenvalue weighted by atomic mass is 31.2. The first-order chi connectivity index (χ1) is 29.1. The van der Waals surface area contributed by atoms with Gasteiger partial charge in [-0.15, -0.1) is 0 Å². The fourth-order valence-electron chi connectivity index (χ4n) is 9.85. The van der Waals surface area contributed by atoms with Crippen LogP contribution in [0, 0.1) is 0 Å². The van der Waals surface area contributed by atoms with E-state index in [0.29, 0.717) is 6.16 Å². The summed E-state index contributed by atoms with van der Waals surface area (Å²) in [6.45, 7) is 6.92. The summed E-state index contributed by atoms with van der Waals surface area (Å²) in [4.78, 5) is 12.4. The van der Waals surface area contributed by atoms with E-state index in [-0.39, 0.29) is 0 Å². The van der Waals surface area contributed by atoms with Crippen molar-refractivity contribution in [2.75, 3.05) is 24.6 Å². The van der Waals surface area contributed by atoms with Gasteiger partial charge in [0.2, 0.25) is 0 Å². The lowest BCUT2D eigenvalue weighted by Crippen LogP contribution is -2.18. The Morgan fingerprint density at radius 1 is 0.254 bits per heavy atom. The molecule has 0 aromatic carbocycles. The Bertz CT molecular complexity index is 694. The van der Waals surface area contributed by atoms with Gasteiger partial charge in [-0.1, -0.05) is 290 Å². The zero-order chi connectivity index (χ0) is 42.8. The van der Waals surface area contributed by atoms with E-state index < -0.39 is 13.2 Å². The predicted molar refractivity (Wildman–Crippen MR) is 273 cm³/mol. The molecule has 0 unspecified atom stereocenters. The van der Waals surface area contributed by atoms with Gasteiger partial charge in [-0.05, 0) is 38.5 Å². The maximum Gasteiger partial charge on any atom is 0.341 e. The van der Waals surface area contributed by atoms with Crippen LogP contribution in [0.25, 0.3) is 0 Å². The average molecular weight is 850 g/mol. The minimum absolute atomic E-state index is 0.497. The molecule has 0 rings (SSSR count). The molecule has 354 valence electrons. The molecule has 0 aromatic rings. The molecule has 0 spiro atoms. The van der Waals surface area contributed by atoms with Crippen LogP contribution in [-0.4, -0.2) is 35.7 Å². The molecular weight excluding hydrogens is 736 g/mol. The van der Waals surface area contributed by atoms with E-state index in [1.165, 1.54) is 327 Å². The second kappa shape index (κ2) is 50.5. The van der Waals surface area contributed by atoms with Crippen molar-refractivity contribution in [3.8, 4) is 0 Å². The minimum Gasteiger partial charge on any atom is -0.479 e. The first-order valence-electron chi connectivity index (χ1n) is 28.2. The van der Waals surface area contributed by atoms with Crippen LogP contribution in [0.5, 0.6) is 0 Å². The Balaban J connectivity index is 4.42. The molecule has 0 bridgehead atoms. The number of carbonyl (C=O) groups is 1. The van der Waals surface area contributed by atoms with Crippen molar-refractivity contribution >= 4 is 13.2 Å². The van der Waals surface area contributed by atoms with Crippen molar-refractivity contribution in [2.45, 2.75) is 329 Å². The number of hydrogen-bond acceptors (Lipinski definition) is 1. The molecule has 0 aliphatic carbocycles. The van der Waals surface area contributed by atoms with Gasteiger partial charge in [0.25, 0.3) is 0 Å². The van der Waals surface area contributed by atoms with Crippen molar-refractivity contribution in [1.29, 1.82) is 0 Å². The molecule has 3 heteroatoms. The molecule has 2 nitrogen and oxygen atoms in total. The van der Waals surface area contributed by atoms with Crippen LogP contribution in [0.1, 0.15) is 329 Å². The van der Waals surface area contributed by atoms with Crippen LogP contribution in [0.4, 0.5) is 0 Å². The number of unbranched alkanes of at least 4 members (excludes halogenated alkanes) is 45. The fraction of sp³-hybridized carbons (Fsp3) is 0.982. The highest BCUT2D eigenvalue weighted by molar-refractivity contribution is 7.76. The topological polar surface area (TPSA) is 37.3 Å². The van der Waals surface area contributed by atoms with E-state index in [1.54, 1.807) is 0 Å². The quantitative estimate of drug-likeness (QED) is 0.0489. The Hall–Kier alpha value is -0.100. The summed E-state index contributed by atoms with van der Waals surface area (Å²) in [5.74, 6) is -0.497. The van der Waals surface area contributed by atoms with Gasteiger partial charge in [-0.3, -0.25) is 0 Å². The van der Waals surface area contributed by atoms with E-state index in [2.05, 4.69) is 20.8 Å². The van der Waals surface area contributed by atoms with Crippen LogP contribution in [0.15, 0.2) is 0 Å². The zero-order valence-electron chi connectivity index (χ0n) is 41.6. The van der Waals surface area contributed by atoms with E-state index >= 15 is 0 Å². The van der Waals surface area contributed by atoms with Crippen LogP contribution in [-0.2, 0) is 4.79 Å². The molecule has 0 heterocycles. The lowest BCUT2D eigenvalue weighted by molar-refractivity contribution is -0.134. The number of hydrogen-bond donors (Lipinski definition) is 1. The van der Waals surface area contributed by atoms with Crippen LogP contribution < -0.4 is 0 Å². The smallest absolute Gasteiger partial charge is 0.341 e. The highest BCUT2D eigenvalue weighted by Gasteiger charge is 2.38. The average Bonchev–Trinajstić information content (AvgIpc) is 3.23. The van der Waals surface area contributed by atoms with Crippen molar-refractivity contribution in [2.24, 2.45) is 0 Å². The second-order valence-corrected chi connectivity index (χ2v) is 24.3. The van der Waals surface area contributed by atoms with Gasteiger partial charge >= 0.3 is 5.97 Å². The maximum absolute atomic E-state index is 12.4. The van der Waals surface area contributed by atoms with Crippen molar-refractivity contribution < 1.29 is 9.90 Å². The standard InChI is InChI=1S/C56H113O2P/c1-4-7-10-13-16-19-22-25-28-31-34-37-40-43-46-49-52-59(55-56(57)58,53-50-47-44-41-38-35-32-29-26-23-20-17-14-11-8-5-2)54-51-48-45-42-39-36-33-30-27-24-21-18-15-12-9-6-3/h4-55H2,1-3H3/p+1. The number of rotatable bonds is 53. The summed E-state index contributed by atoms with van der Waals surface area (Å²) in [5.41, 5.74) is 0. The number of aliphatic carboxylic acids is 1. The Morgan fingerprint density at radius 2 is 0.390 bits per heavy atom.